The lowest BCUT2D eigenvalue weighted by Crippen LogP contribution is -2.41. The van der Waals surface area contributed by atoms with Gasteiger partial charge in [-0.15, -0.1) is 0 Å². The van der Waals surface area contributed by atoms with Crippen molar-refractivity contribution in [3.63, 3.8) is 0 Å². The van der Waals surface area contributed by atoms with Gasteiger partial charge in [-0.05, 0) is 25.1 Å². The Morgan fingerprint density at radius 1 is 1.19 bits per heavy atom. The largest absolute Gasteiger partial charge is 0.378 e. The van der Waals surface area contributed by atoms with Crippen LogP contribution in [-0.4, -0.2) is 63.0 Å². The molecule has 9 nitrogen and oxygen atoms in total. The molecule has 1 aliphatic heterocycles. The van der Waals surface area contributed by atoms with E-state index in [2.05, 4.69) is 20.6 Å². The first-order valence-corrected chi connectivity index (χ1v) is 10.5. The van der Waals surface area contributed by atoms with Crippen LogP contribution < -0.4 is 5.32 Å². The molecule has 0 saturated carbocycles. The van der Waals surface area contributed by atoms with Crippen molar-refractivity contribution in [2.45, 2.75) is 13.5 Å². The number of amides is 2. The number of morpholine rings is 1. The Labute approximate surface area is 188 Å². The molecule has 2 amide bonds. The fourth-order valence-electron chi connectivity index (χ4n) is 3.29. The number of hydrogen-bond donors (Lipinski definition) is 2. The van der Waals surface area contributed by atoms with Gasteiger partial charge in [-0.25, -0.2) is 0 Å². The van der Waals surface area contributed by atoms with Crippen LogP contribution in [0.5, 0.6) is 0 Å². The molecule has 0 radical (unpaired) electrons. The SMILES string of the molecule is CCn1ncc(NC(=O)c2cc(-c3ccc(Cl)c(Cl)c3)n[nH]2)c1C(=O)N1CCOCC1. The third-order valence-electron chi connectivity index (χ3n) is 4.93. The standard InChI is InChI=1S/C20H20Cl2N6O3/c1-2-28-18(20(30)27-5-7-31-8-6-27)17(11-23-28)24-19(29)16-10-15(25-26-16)12-3-4-13(21)14(22)9-12/h3-4,9-11H,2,5-8H2,1H3,(H,24,29)(H,25,26). The van der Waals surface area contributed by atoms with Gasteiger partial charge >= 0.3 is 0 Å². The van der Waals surface area contributed by atoms with E-state index in [1.165, 1.54) is 6.20 Å². The van der Waals surface area contributed by atoms with E-state index in [9.17, 15) is 9.59 Å². The highest BCUT2D eigenvalue weighted by Gasteiger charge is 2.26. The lowest BCUT2D eigenvalue weighted by Gasteiger charge is -2.27. The fourth-order valence-corrected chi connectivity index (χ4v) is 3.59. The molecule has 2 aromatic heterocycles. The van der Waals surface area contributed by atoms with Crippen molar-refractivity contribution in [3.8, 4) is 11.3 Å². The number of carbonyl (C=O) groups excluding carboxylic acids is 2. The Kier molecular flexibility index (Phi) is 6.26. The van der Waals surface area contributed by atoms with Crippen LogP contribution in [0, 0.1) is 0 Å². The van der Waals surface area contributed by atoms with Crippen LogP contribution in [0.1, 0.15) is 27.9 Å². The van der Waals surface area contributed by atoms with Crippen LogP contribution in [0.3, 0.4) is 0 Å². The molecule has 0 atom stereocenters. The number of nitrogens with zero attached hydrogens (tertiary/aromatic N) is 4. The Morgan fingerprint density at radius 3 is 2.68 bits per heavy atom. The topological polar surface area (TPSA) is 105 Å². The number of nitrogens with one attached hydrogen (secondary N) is 2. The molecule has 4 rings (SSSR count). The summed E-state index contributed by atoms with van der Waals surface area (Å²) in [5.41, 5.74) is 2.16. The van der Waals surface area contributed by atoms with Crippen molar-refractivity contribution >= 4 is 40.7 Å². The van der Waals surface area contributed by atoms with Gasteiger partial charge in [-0.1, -0.05) is 29.3 Å². The highest BCUT2D eigenvalue weighted by Crippen LogP contribution is 2.28. The van der Waals surface area contributed by atoms with Crippen molar-refractivity contribution < 1.29 is 14.3 Å². The highest BCUT2D eigenvalue weighted by atomic mass is 35.5. The Bertz CT molecular complexity index is 1120. The molecule has 11 heteroatoms. The minimum absolute atomic E-state index is 0.195. The van der Waals surface area contributed by atoms with E-state index in [-0.39, 0.29) is 11.6 Å². The molecule has 1 fully saturated rings. The number of aromatic amines is 1. The van der Waals surface area contributed by atoms with Crippen LogP contribution in [0.2, 0.25) is 10.0 Å². The second-order valence-electron chi connectivity index (χ2n) is 6.88. The van der Waals surface area contributed by atoms with Crippen molar-refractivity contribution in [2.24, 2.45) is 0 Å². The summed E-state index contributed by atoms with van der Waals surface area (Å²) in [5.74, 6) is -0.635. The molecule has 1 saturated heterocycles. The van der Waals surface area contributed by atoms with Gasteiger partial charge < -0.3 is 15.0 Å². The number of benzene rings is 1. The predicted molar refractivity (Wildman–Crippen MR) is 117 cm³/mol. The number of H-pyrrole nitrogens is 1. The molecule has 3 heterocycles. The summed E-state index contributed by atoms with van der Waals surface area (Å²) in [4.78, 5) is 27.6. The maximum Gasteiger partial charge on any atom is 0.274 e. The zero-order valence-electron chi connectivity index (χ0n) is 16.7. The van der Waals surface area contributed by atoms with E-state index in [0.717, 1.165) is 0 Å². The Morgan fingerprint density at radius 2 is 1.97 bits per heavy atom. The molecule has 3 aromatic rings. The summed E-state index contributed by atoms with van der Waals surface area (Å²) in [6.07, 6.45) is 1.48. The molecular formula is C20H20Cl2N6O3. The molecule has 1 aliphatic rings. The summed E-state index contributed by atoms with van der Waals surface area (Å²) >= 11 is 12.0. The maximum atomic E-state index is 13.0. The van der Waals surface area contributed by atoms with E-state index in [0.29, 0.717) is 65.5 Å². The highest BCUT2D eigenvalue weighted by molar-refractivity contribution is 6.42. The van der Waals surface area contributed by atoms with Crippen molar-refractivity contribution in [2.75, 3.05) is 31.6 Å². The molecule has 162 valence electrons. The molecule has 0 spiro atoms. The van der Waals surface area contributed by atoms with E-state index in [4.69, 9.17) is 27.9 Å². The van der Waals surface area contributed by atoms with Crippen LogP contribution in [0.25, 0.3) is 11.3 Å². The number of hydrogen-bond acceptors (Lipinski definition) is 5. The minimum atomic E-state index is -0.439. The van der Waals surface area contributed by atoms with Gasteiger partial charge in [0.25, 0.3) is 11.8 Å². The lowest BCUT2D eigenvalue weighted by molar-refractivity contribution is 0.0295. The molecule has 2 N–H and O–H groups in total. The first-order chi connectivity index (χ1) is 15.0. The zero-order valence-corrected chi connectivity index (χ0v) is 18.2. The Hall–Kier alpha value is -2.88. The van der Waals surface area contributed by atoms with E-state index in [1.54, 1.807) is 33.8 Å². The van der Waals surface area contributed by atoms with Crippen molar-refractivity contribution in [3.05, 3.63) is 51.9 Å². The number of rotatable bonds is 5. The second kappa shape index (κ2) is 9.09. The Balaban J connectivity index is 1.55. The molecule has 1 aromatic carbocycles. The summed E-state index contributed by atoms with van der Waals surface area (Å²) < 4.78 is 6.89. The molecule has 0 aliphatic carbocycles. The molecule has 0 unspecified atom stereocenters. The van der Waals surface area contributed by atoms with Gasteiger partial charge in [0.05, 0.1) is 40.8 Å². The third-order valence-corrected chi connectivity index (χ3v) is 5.66. The number of halogens is 2. The van der Waals surface area contributed by atoms with Crippen LogP contribution in [-0.2, 0) is 11.3 Å². The van der Waals surface area contributed by atoms with E-state index >= 15 is 0 Å². The van der Waals surface area contributed by atoms with Gasteiger partial charge in [-0.3, -0.25) is 19.4 Å². The number of ether oxygens (including phenoxy) is 1. The predicted octanol–water partition coefficient (Wildman–Crippen LogP) is 3.32. The van der Waals surface area contributed by atoms with Gasteiger partial charge in [0, 0.05) is 25.2 Å². The second-order valence-corrected chi connectivity index (χ2v) is 7.69. The summed E-state index contributed by atoms with van der Waals surface area (Å²) in [6.45, 7) is 4.34. The monoisotopic (exact) mass is 462 g/mol. The van der Waals surface area contributed by atoms with Crippen molar-refractivity contribution in [1.29, 1.82) is 0 Å². The summed E-state index contributed by atoms with van der Waals surface area (Å²) in [7, 11) is 0. The zero-order chi connectivity index (χ0) is 22.0. The van der Waals surface area contributed by atoms with Gasteiger partial charge in [0.1, 0.15) is 11.4 Å². The normalized spacial score (nSPS) is 14.0. The van der Waals surface area contributed by atoms with Crippen molar-refractivity contribution in [1.82, 2.24) is 24.9 Å². The van der Waals surface area contributed by atoms with E-state index < -0.39 is 5.91 Å². The van der Waals surface area contributed by atoms with Gasteiger partial charge in [0.2, 0.25) is 0 Å². The molecule has 0 bridgehead atoms. The average Bonchev–Trinajstić information content (AvgIpc) is 3.43. The van der Waals surface area contributed by atoms with Crippen LogP contribution in [0.4, 0.5) is 5.69 Å². The summed E-state index contributed by atoms with van der Waals surface area (Å²) in [5, 5.41) is 14.7. The van der Waals surface area contributed by atoms with Gasteiger partial charge in [-0.2, -0.15) is 10.2 Å². The number of carbonyl (C=O) groups is 2. The van der Waals surface area contributed by atoms with Crippen LogP contribution in [0.15, 0.2) is 30.5 Å². The fraction of sp³-hybridized carbons (Fsp3) is 0.300. The quantitative estimate of drug-likeness (QED) is 0.604. The third kappa shape index (κ3) is 4.43. The summed E-state index contributed by atoms with van der Waals surface area (Å²) in [6, 6.07) is 6.70. The number of aryl methyl sites for hydroxylation is 1. The smallest absolute Gasteiger partial charge is 0.274 e. The molecular weight excluding hydrogens is 443 g/mol. The lowest BCUT2D eigenvalue weighted by atomic mass is 10.1. The van der Waals surface area contributed by atoms with Gasteiger partial charge in [0.15, 0.2) is 0 Å². The van der Waals surface area contributed by atoms with Crippen LogP contribution >= 0.6 is 23.2 Å². The minimum Gasteiger partial charge on any atom is -0.378 e. The maximum absolute atomic E-state index is 13.0. The number of anilines is 1. The molecule has 31 heavy (non-hydrogen) atoms. The van der Waals surface area contributed by atoms with E-state index in [1.807, 2.05) is 6.92 Å². The first kappa shape index (κ1) is 21.4. The first-order valence-electron chi connectivity index (χ1n) is 9.73. The number of aromatic nitrogens is 4. The average molecular weight is 463 g/mol.